The van der Waals surface area contributed by atoms with Crippen molar-refractivity contribution in [2.75, 3.05) is 7.11 Å². The molecule has 1 rings (SSSR count). The molecule has 106 valence electrons. The van der Waals surface area contributed by atoms with Gasteiger partial charge < -0.3 is 15.2 Å². The Morgan fingerprint density at radius 2 is 2.16 bits per heavy atom. The van der Waals surface area contributed by atoms with Gasteiger partial charge in [-0.3, -0.25) is 0 Å². The number of methoxy groups -OCH3 is 1. The fourth-order valence-corrected chi connectivity index (χ4v) is 1.62. The molecule has 1 aromatic rings. The molecule has 19 heavy (non-hydrogen) atoms. The molecule has 4 nitrogen and oxygen atoms in total. The first-order valence-corrected chi connectivity index (χ1v) is 6.26. The molecular formula is C14H20FNO3. The van der Waals surface area contributed by atoms with Crippen molar-refractivity contribution in [1.29, 1.82) is 0 Å². The number of carbonyl (C=O) groups is 1. The summed E-state index contributed by atoms with van der Waals surface area (Å²) in [6.45, 7) is 3.49. The minimum atomic E-state index is -0.844. The number of hydrogen-bond donors (Lipinski definition) is 1. The third-order valence-electron chi connectivity index (χ3n) is 2.86. The van der Waals surface area contributed by atoms with E-state index in [1.54, 1.807) is 6.07 Å². The second kappa shape index (κ2) is 7.09. The highest BCUT2D eigenvalue weighted by Crippen LogP contribution is 2.20. The van der Waals surface area contributed by atoms with Gasteiger partial charge in [0.15, 0.2) is 17.7 Å². The number of ether oxygens (including phenoxy) is 2. The topological polar surface area (TPSA) is 61.5 Å². The van der Waals surface area contributed by atoms with E-state index in [4.69, 9.17) is 10.5 Å². The van der Waals surface area contributed by atoms with Gasteiger partial charge >= 0.3 is 5.97 Å². The van der Waals surface area contributed by atoms with Crippen molar-refractivity contribution < 1.29 is 18.7 Å². The normalized spacial score (nSPS) is 13.7. The van der Waals surface area contributed by atoms with Crippen LogP contribution in [-0.4, -0.2) is 25.2 Å². The molecule has 0 saturated heterocycles. The second-order valence-electron chi connectivity index (χ2n) is 4.42. The quantitative estimate of drug-likeness (QED) is 0.803. The molecule has 0 aromatic heterocycles. The summed E-state index contributed by atoms with van der Waals surface area (Å²) in [5.74, 6) is -1.01. The Hall–Kier alpha value is -1.62. The fourth-order valence-electron chi connectivity index (χ4n) is 1.62. The van der Waals surface area contributed by atoms with E-state index >= 15 is 0 Å². The number of halogens is 1. The smallest absolute Gasteiger partial charge is 0.346 e. The van der Waals surface area contributed by atoms with Crippen LogP contribution in [0.3, 0.4) is 0 Å². The van der Waals surface area contributed by atoms with E-state index in [2.05, 4.69) is 4.74 Å². The van der Waals surface area contributed by atoms with Crippen LogP contribution in [0.4, 0.5) is 4.39 Å². The predicted molar refractivity (Wildman–Crippen MR) is 70.5 cm³/mol. The molecule has 0 saturated carbocycles. The number of benzene rings is 1. The molecule has 0 fully saturated rings. The van der Waals surface area contributed by atoms with Crippen LogP contribution in [0.2, 0.25) is 0 Å². The van der Waals surface area contributed by atoms with Crippen molar-refractivity contribution in [1.82, 2.24) is 0 Å². The molecule has 1 aromatic carbocycles. The van der Waals surface area contributed by atoms with Crippen molar-refractivity contribution in [2.45, 2.75) is 38.8 Å². The van der Waals surface area contributed by atoms with Gasteiger partial charge in [-0.05, 0) is 37.5 Å². The summed E-state index contributed by atoms with van der Waals surface area (Å²) in [7, 11) is 1.26. The molecule has 0 aliphatic heterocycles. The van der Waals surface area contributed by atoms with Crippen LogP contribution in [0.5, 0.6) is 5.75 Å². The van der Waals surface area contributed by atoms with Crippen molar-refractivity contribution >= 4 is 5.97 Å². The van der Waals surface area contributed by atoms with Crippen LogP contribution in [0, 0.1) is 5.82 Å². The van der Waals surface area contributed by atoms with Gasteiger partial charge in [0.05, 0.1) is 7.11 Å². The first kappa shape index (κ1) is 15.4. The Morgan fingerprint density at radius 3 is 2.68 bits per heavy atom. The maximum atomic E-state index is 13.8. The van der Waals surface area contributed by atoms with Crippen molar-refractivity contribution in [3.63, 3.8) is 0 Å². The molecule has 2 unspecified atom stereocenters. The molecule has 0 aliphatic carbocycles. The fraction of sp³-hybridized carbons (Fsp3) is 0.500. The molecule has 0 spiro atoms. The summed E-state index contributed by atoms with van der Waals surface area (Å²) >= 11 is 0. The van der Waals surface area contributed by atoms with E-state index in [0.29, 0.717) is 6.42 Å². The molecule has 2 N–H and O–H groups in total. The highest BCUT2D eigenvalue weighted by atomic mass is 19.1. The minimum absolute atomic E-state index is 0.0140. The zero-order chi connectivity index (χ0) is 14.4. The van der Waals surface area contributed by atoms with E-state index in [9.17, 15) is 9.18 Å². The zero-order valence-electron chi connectivity index (χ0n) is 11.5. The summed E-state index contributed by atoms with van der Waals surface area (Å²) in [6, 6.07) is 4.65. The zero-order valence-corrected chi connectivity index (χ0v) is 11.5. The van der Waals surface area contributed by atoms with E-state index < -0.39 is 17.9 Å². The monoisotopic (exact) mass is 269 g/mol. The summed E-state index contributed by atoms with van der Waals surface area (Å²) in [5.41, 5.74) is 6.63. The van der Waals surface area contributed by atoms with Crippen LogP contribution in [0.25, 0.3) is 0 Å². The van der Waals surface area contributed by atoms with Crippen LogP contribution in [-0.2, 0) is 16.0 Å². The summed E-state index contributed by atoms with van der Waals surface area (Å²) in [4.78, 5) is 11.2. The number of rotatable bonds is 6. The van der Waals surface area contributed by atoms with Gasteiger partial charge in [0.2, 0.25) is 0 Å². The van der Waals surface area contributed by atoms with Gasteiger partial charge in [0, 0.05) is 6.04 Å². The first-order chi connectivity index (χ1) is 8.97. The number of esters is 1. The van der Waals surface area contributed by atoms with Gasteiger partial charge in [0.1, 0.15) is 0 Å². The van der Waals surface area contributed by atoms with Gasteiger partial charge in [-0.15, -0.1) is 0 Å². The van der Waals surface area contributed by atoms with Crippen molar-refractivity contribution in [2.24, 2.45) is 5.73 Å². The first-order valence-electron chi connectivity index (χ1n) is 6.26. The van der Waals surface area contributed by atoms with Crippen LogP contribution >= 0.6 is 0 Å². The summed E-state index contributed by atoms with van der Waals surface area (Å²) in [6.07, 6.45) is 0.600. The lowest BCUT2D eigenvalue weighted by molar-refractivity contribution is -0.148. The van der Waals surface area contributed by atoms with E-state index in [0.717, 1.165) is 12.0 Å². The average molecular weight is 269 g/mol. The Balaban J connectivity index is 2.74. The average Bonchev–Trinajstić information content (AvgIpc) is 2.40. The van der Waals surface area contributed by atoms with Gasteiger partial charge in [0.25, 0.3) is 0 Å². The van der Waals surface area contributed by atoms with Gasteiger partial charge in [-0.25, -0.2) is 9.18 Å². The highest BCUT2D eigenvalue weighted by Gasteiger charge is 2.17. The molecule has 0 radical (unpaired) electrons. The lowest BCUT2D eigenvalue weighted by Crippen LogP contribution is -2.25. The minimum Gasteiger partial charge on any atom is -0.476 e. The largest absolute Gasteiger partial charge is 0.476 e. The number of carbonyl (C=O) groups excluding carboxylic acids is 1. The Morgan fingerprint density at radius 1 is 1.47 bits per heavy atom. The molecule has 0 aliphatic rings. The van der Waals surface area contributed by atoms with E-state index in [1.165, 1.54) is 26.2 Å². The van der Waals surface area contributed by atoms with Crippen molar-refractivity contribution in [3.8, 4) is 5.75 Å². The van der Waals surface area contributed by atoms with E-state index in [1.807, 2.05) is 6.92 Å². The Bertz CT molecular complexity index is 437. The van der Waals surface area contributed by atoms with E-state index in [-0.39, 0.29) is 11.8 Å². The summed E-state index contributed by atoms with van der Waals surface area (Å²) in [5, 5.41) is 0. The number of nitrogens with two attached hydrogens (primary N) is 1. The molecule has 0 amide bonds. The molecule has 0 heterocycles. The van der Waals surface area contributed by atoms with Gasteiger partial charge in [-0.2, -0.15) is 0 Å². The van der Waals surface area contributed by atoms with Crippen LogP contribution in [0.1, 0.15) is 25.8 Å². The number of hydrogen-bond acceptors (Lipinski definition) is 4. The van der Waals surface area contributed by atoms with Gasteiger partial charge in [-0.1, -0.05) is 13.0 Å². The summed E-state index contributed by atoms with van der Waals surface area (Å²) < 4.78 is 23.5. The van der Waals surface area contributed by atoms with Crippen LogP contribution in [0.15, 0.2) is 18.2 Å². The molecule has 0 bridgehead atoms. The SMILES string of the molecule is CCC(N)Cc1ccc(OC(C)C(=O)OC)c(F)c1. The third-order valence-corrected chi connectivity index (χ3v) is 2.86. The maximum absolute atomic E-state index is 13.8. The highest BCUT2D eigenvalue weighted by molar-refractivity contribution is 5.74. The molecule has 2 atom stereocenters. The molecular weight excluding hydrogens is 249 g/mol. The Labute approximate surface area is 112 Å². The molecule has 5 heteroatoms. The third kappa shape index (κ3) is 4.52. The standard InChI is InChI=1S/C14H20FNO3/c1-4-11(16)7-10-5-6-13(12(15)8-10)19-9(2)14(17)18-3/h5-6,8-9,11H,4,7,16H2,1-3H3. The van der Waals surface area contributed by atoms with Crippen molar-refractivity contribution in [3.05, 3.63) is 29.6 Å². The lowest BCUT2D eigenvalue weighted by atomic mass is 10.0. The predicted octanol–water partition coefficient (Wildman–Crippen LogP) is 2.05. The van der Waals surface area contributed by atoms with Crippen LogP contribution < -0.4 is 10.5 Å². The second-order valence-corrected chi connectivity index (χ2v) is 4.42. The maximum Gasteiger partial charge on any atom is 0.346 e. The Kier molecular flexibility index (Phi) is 5.76. The lowest BCUT2D eigenvalue weighted by Gasteiger charge is -2.14.